The van der Waals surface area contributed by atoms with Crippen LogP contribution < -0.4 is 5.32 Å². The smallest absolute Gasteiger partial charge is 0.107 e. The van der Waals surface area contributed by atoms with Gasteiger partial charge in [0.25, 0.3) is 0 Å². The van der Waals surface area contributed by atoms with Crippen LogP contribution in [0.3, 0.4) is 0 Å². The fraction of sp³-hybridized carbons (Fsp3) is 0.125. The third kappa shape index (κ3) is 3.29. The molecule has 3 rings (SSSR count). The van der Waals surface area contributed by atoms with E-state index in [0.29, 0.717) is 0 Å². The Morgan fingerprint density at radius 1 is 1.00 bits per heavy atom. The zero-order valence-electron chi connectivity index (χ0n) is 11.0. The lowest BCUT2D eigenvalue weighted by molar-refractivity contribution is 0.688. The molecule has 0 unspecified atom stereocenters. The molecule has 2 heterocycles. The Balaban J connectivity index is 1.58. The molecule has 3 nitrogen and oxygen atoms in total. The van der Waals surface area contributed by atoms with Gasteiger partial charge in [-0.25, -0.2) is 4.98 Å². The lowest BCUT2D eigenvalue weighted by Crippen LogP contribution is -2.12. The summed E-state index contributed by atoms with van der Waals surface area (Å²) in [7, 11) is 0. The largest absolute Gasteiger partial charge is 0.306 e. The number of hydrogen-bond acceptors (Lipinski definition) is 4. The third-order valence-corrected chi connectivity index (χ3v) is 3.80. The third-order valence-electron chi connectivity index (χ3n) is 2.95. The van der Waals surface area contributed by atoms with Crippen LogP contribution in [-0.2, 0) is 13.1 Å². The van der Waals surface area contributed by atoms with Gasteiger partial charge in [0.1, 0.15) is 5.01 Å². The average Bonchev–Trinajstić information content (AvgIpc) is 2.98. The van der Waals surface area contributed by atoms with Crippen molar-refractivity contribution >= 4 is 11.3 Å². The number of aromatic nitrogens is 2. The Morgan fingerprint density at radius 2 is 1.90 bits per heavy atom. The zero-order chi connectivity index (χ0) is 13.6. The Kier molecular flexibility index (Phi) is 4.16. The Hall–Kier alpha value is -2.04. The molecule has 0 aliphatic heterocycles. The van der Waals surface area contributed by atoms with Crippen LogP contribution in [0.25, 0.3) is 11.3 Å². The summed E-state index contributed by atoms with van der Waals surface area (Å²) in [5, 5.41) is 6.60. The maximum atomic E-state index is 4.65. The molecule has 0 atom stereocenters. The van der Waals surface area contributed by atoms with Crippen LogP contribution in [0.5, 0.6) is 0 Å². The van der Waals surface area contributed by atoms with E-state index >= 15 is 0 Å². The van der Waals surface area contributed by atoms with Gasteiger partial charge in [-0.3, -0.25) is 4.98 Å². The van der Waals surface area contributed by atoms with Crippen LogP contribution in [0.15, 0.2) is 60.2 Å². The summed E-state index contributed by atoms with van der Waals surface area (Å²) >= 11 is 1.69. The van der Waals surface area contributed by atoms with Crippen molar-refractivity contribution in [1.82, 2.24) is 15.3 Å². The quantitative estimate of drug-likeness (QED) is 0.778. The predicted molar refractivity (Wildman–Crippen MR) is 82.3 cm³/mol. The monoisotopic (exact) mass is 281 g/mol. The Bertz CT molecular complexity index is 650. The molecule has 0 fully saturated rings. The maximum absolute atomic E-state index is 4.65. The number of benzene rings is 1. The van der Waals surface area contributed by atoms with E-state index in [-0.39, 0.29) is 0 Å². The van der Waals surface area contributed by atoms with E-state index in [1.165, 1.54) is 11.1 Å². The van der Waals surface area contributed by atoms with Gasteiger partial charge >= 0.3 is 0 Å². The minimum Gasteiger partial charge on any atom is -0.306 e. The Morgan fingerprint density at radius 3 is 2.70 bits per heavy atom. The van der Waals surface area contributed by atoms with Gasteiger partial charge < -0.3 is 5.32 Å². The second-order valence-electron chi connectivity index (χ2n) is 4.46. The molecule has 3 aromatic rings. The summed E-state index contributed by atoms with van der Waals surface area (Å²) in [5.41, 5.74) is 3.41. The van der Waals surface area contributed by atoms with Crippen molar-refractivity contribution in [3.63, 3.8) is 0 Å². The highest BCUT2D eigenvalue weighted by molar-refractivity contribution is 7.09. The van der Waals surface area contributed by atoms with Crippen molar-refractivity contribution in [2.24, 2.45) is 0 Å². The number of nitrogens with one attached hydrogen (secondary N) is 1. The first-order valence-electron chi connectivity index (χ1n) is 6.51. The van der Waals surface area contributed by atoms with Gasteiger partial charge in [0.2, 0.25) is 0 Å². The van der Waals surface area contributed by atoms with E-state index in [1.807, 2.05) is 30.5 Å². The van der Waals surface area contributed by atoms with E-state index in [9.17, 15) is 0 Å². The highest BCUT2D eigenvalue weighted by atomic mass is 32.1. The van der Waals surface area contributed by atoms with E-state index in [2.05, 4.69) is 38.9 Å². The summed E-state index contributed by atoms with van der Waals surface area (Å²) < 4.78 is 0. The summed E-state index contributed by atoms with van der Waals surface area (Å²) in [5.74, 6) is 0. The molecule has 0 aliphatic carbocycles. The van der Waals surface area contributed by atoms with Gasteiger partial charge in [0, 0.05) is 36.4 Å². The first-order valence-corrected chi connectivity index (χ1v) is 7.39. The first-order chi connectivity index (χ1) is 9.92. The van der Waals surface area contributed by atoms with Crippen molar-refractivity contribution in [3.05, 3.63) is 70.8 Å². The van der Waals surface area contributed by atoms with E-state index < -0.39 is 0 Å². The van der Waals surface area contributed by atoms with Gasteiger partial charge in [-0.05, 0) is 11.6 Å². The van der Waals surface area contributed by atoms with Crippen molar-refractivity contribution in [2.75, 3.05) is 0 Å². The number of hydrogen-bond donors (Lipinski definition) is 1. The van der Waals surface area contributed by atoms with Crippen molar-refractivity contribution < 1.29 is 0 Å². The zero-order valence-corrected chi connectivity index (χ0v) is 11.8. The minimum atomic E-state index is 0.784. The summed E-state index contributed by atoms with van der Waals surface area (Å²) in [6.07, 6.45) is 3.67. The number of rotatable bonds is 5. The molecule has 0 saturated carbocycles. The topological polar surface area (TPSA) is 37.8 Å². The summed E-state index contributed by atoms with van der Waals surface area (Å²) in [4.78, 5) is 8.75. The fourth-order valence-electron chi connectivity index (χ4n) is 1.95. The van der Waals surface area contributed by atoms with Gasteiger partial charge in [0.05, 0.1) is 5.69 Å². The van der Waals surface area contributed by atoms with Crippen molar-refractivity contribution in [2.45, 2.75) is 13.1 Å². The minimum absolute atomic E-state index is 0.784. The predicted octanol–water partition coefficient (Wildman–Crippen LogP) is 3.49. The molecule has 20 heavy (non-hydrogen) atoms. The molecule has 0 radical (unpaired) electrons. The molecule has 0 aliphatic rings. The lowest BCUT2D eigenvalue weighted by atomic mass is 10.2. The highest BCUT2D eigenvalue weighted by Crippen LogP contribution is 2.21. The molecule has 0 saturated heterocycles. The van der Waals surface area contributed by atoms with Crippen molar-refractivity contribution in [1.29, 1.82) is 0 Å². The van der Waals surface area contributed by atoms with Crippen LogP contribution in [0.4, 0.5) is 0 Å². The summed E-state index contributed by atoms with van der Waals surface area (Å²) in [6, 6.07) is 14.3. The van der Waals surface area contributed by atoms with E-state index in [1.54, 1.807) is 17.5 Å². The van der Waals surface area contributed by atoms with E-state index in [0.717, 1.165) is 23.8 Å². The standard InChI is InChI=1S/C16H15N3S/c1-2-6-14(7-3-1)15-12-20-16(19-15)11-18-10-13-5-4-8-17-9-13/h1-9,12,18H,10-11H2. The highest BCUT2D eigenvalue weighted by Gasteiger charge is 2.03. The molecule has 1 N–H and O–H groups in total. The van der Waals surface area contributed by atoms with Gasteiger partial charge in [-0.2, -0.15) is 0 Å². The van der Waals surface area contributed by atoms with Crippen LogP contribution in [0.2, 0.25) is 0 Å². The molecular weight excluding hydrogens is 266 g/mol. The van der Waals surface area contributed by atoms with Crippen LogP contribution >= 0.6 is 11.3 Å². The molecule has 0 bridgehead atoms. The van der Waals surface area contributed by atoms with Gasteiger partial charge in [-0.1, -0.05) is 36.4 Å². The normalized spacial score (nSPS) is 10.6. The molecule has 100 valence electrons. The van der Waals surface area contributed by atoms with Gasteiger partial charge in [0.15, 0.2) is 0 Å². The van der Waals surface area contributed by atoms with Gasteiger partial charge in [-0.15, -0.1) is 11.3 Å². The maximum Gasteiger partial charge on any atom is 0.107 e. The molecule has 0 spiro atoms. The second-order valence-corrected chi connectivity index (χ2v) is 5.40. The van der Waals surface area contributed by atoms with Crippen LogP contribution in [-0.4, -0.2) is 9.97 Å². The molecule has 2 aromatic heterocycles. The van der Waals surface area contributed by atoms with Crippen LogP contribution in [0, 0.1) is 0 Å². The van der Waals surface area contributed by atoms with Crippen LogP contribution in [0.1, 0.15) is 10.6 Å². The SMILES string of the molecule is c1ccc(-c2csc(CNCc3cccnc3)n2)cc1. The first kappa shape index (κ1) is 13.0. The fourth-order valence-corrected chi connectivity index (χ4v) is 2.72. The summed E-state index contributed by atoms with van der Waals surface area (Å²) in [6.45, 7) is 1.60. The molecule has 1 aromatic carbocycles. The number of pyridine rings is 1. The van der Waals surface area contributed by atoms with Crippen molar-refractivity contribution in [3.8, 4) is 11.3 Å². The molecular formula is C16H15N3S. The Labute approximate surface area is 122 Å². The van der Waals surface area contributed by atoms with E-state index in [4.69, 9.17) is 0 Å². The second kappa shape index (κ2) is 6.41. The average molecular weight is 281 g/mol. The number of thiazole rings is 1. The number of nitrogens with zero attached hydrogens (tertiary/aromatic N) is 2. The molecule has 0 amide bonds. The molecule has 4 heteroatoms. The lowest BCUT2D eigenvalue weighted by Gasteiger charge is -2.01.